The maximum Gasteiger partial charge on any atom is 0.412 e. The number of carbonyl (C=O) groups excluding carboxylic acids is 1. The molecule has 0 aromatic heterocycles. The van der Waals surface area contributed by atoms with Crippen LogP contribution in [0.15, 0.2) is 30.3 Å². The van der Waals surface area contributed by atoms with Crippen molar-refractivity contribution in [2.75, 3.05) is 6.61 Å². The molecule has 0 unspecified atom stereocenters. The molecule has 5 nitrogen and oxygen atoms in total. The topological polar surface area (TPSA) is 73.6 Å². The smallest absolute Gasteiger partial charge is 0.412 e. The van der Waals surface area contributed by atoms with Crippen LogP contribution >= 0.6 is 0 Å². The monoisotopic (exact) mass is 274 g/mol. The molecular weight excluding hydrogens is 256 g/mol. The van der Waals surface area contributed by atoms with Gasteiger partial charge in [-0.25, -0.2) is 4.79 Å². The molecule has 5 heteroatoms. The molecule has 1 aliphatic heterocycles. The summed E-state index contributed by atoms with van der Waals surface area (Å²) in [5, 5.41) is 18.8. The van der Waals surface area contributed by atoms with Crippen LogP contribution in [-0.2, 0) is 4.74 Å². The average Bonchev–Trinajstić information content (AvgIpc) is 2.78. The minimum Gasteiger partial charge on any atom is -0.428 e. The molecule has 2 rings (SSSR count). The summed E-state index contributed by atoms with van der Waals surface area (Å²) in [6.07, 6.45) is -1.33. The lowest BCUT2D eigenvalue weighted by molar-refractivity contribution is 0.107. The fourth-order valence-corrected chi connectivity index (χ4v) is 2.64. The second-order valence-corrected chi connectivity index (χ2v) is 5.18. The van der Waals surface area contributed by atoms with E-state index in [4.69, 9.17) is 10.00 Å². The van der Waals surface area contributed by atoms with E-state index in [0.29, 0.717) is 0 Å². The fraction of sp³-hybridized carbons (Fsp3) is 0.467. The molecule has 0 aliphatic carbocycles. The van der Waals surface area contributed by atoms with E-state index < -0.39 is 18.2 Å². The summed E-state index contributed by atoms with van der Waals surface area (Å²) in [6.45, 7) is 3.66. The number of aliphatic hydroxyl groups is 1. The third kappa shape index (κ3) is 2.47. The van der Waals surface area contributed by atoms with Crippen LogP contribution in [-0.4, -0.2) is 34.9 Å². The van der Waals surface area contributed by atoms with Gasteiger partial charge in [0.25, 0.3) is 0 Å². The largest absolute Gasteiger partial charge is 0.428 e. The number of nitrogens with zero attached hydrogens (tertiary/aromatic N) is 2. The van der Waals surface area contributed by atoms with Crippen LogP contribution < -0.4 is 0 Å². The number of ether oxygens (including phenoxy) is 1. The number of hydrogen-bond acceptors (Lipinski definition) is 4. The van der Waals surface area contributed by atoms with Crippen LogP contribution in [0.5, 0.6) is 0 Å². The highest BCUT2D eigenvalue weighted by atomic mass is 16.6. The Morgan fingerprint density at radius 1 is 1.40 bits per heavy atom. The van der Waals surface area contributed by atoms with Crippen molar-refractivity contribution in [2.24, 2.45) is 5.92 Å². The summed E-state index contributed by atoms with van der Waals surface area (Å²) in [5.41, 5.74) is 0.830. The van der Waals surface area contributed by atoms with Gasteiger partial charge >= 0.3 is 6.09 Å². The highest BCUT2D eigenvalue weighted by molar-refractivity contribution is 5.72. The first-order valence-electron chi connectivity index (χ1n) is 6.64. The highest BCUT2D eigenvalue weighted by Gasteiger charge is 2.47. The maximum atomic E-state index is 12.1. The van der Waals surface area contributed by atoms with Crippen molar-refractivity contribution in [1.82, 2.24) is 4.90 Å². The number of hydrogen-bond donors (Lipinski definition) is 1. The Morgan fingerprint density at radius 3 is 2.55 bits per heavy atom. The lowest BCUT2D eigenvalue weighted by Crippen LogP contribution is -2.43. The van der Waals surface area contributed by atoms with Gasteiger partial charge in [-0.2, -0.15) is 5.26 Å². The van der Waals surface area contributed by atoms with Crippen LogP contribution in [0.2, 0.25) is 0 Å². The molecule has 1 fully saturated rings. The minimum atomic E-state index is -0.791. The van der Waals surface area contributed by atoms with E-state index in [0.717, 1.165) is 5.56 Å². The van der Waals surface area contributed by atoms with Gasteiger partial charge in [0.05, 0.1) is 18.7 Å². The molecule has 1 amide bonds. The van der Waals surface area contributed by atoms with Crippen molar-refractivity contribution < 1.29 is 14.6 Å². The molecular formula is C15H18N2O3. The van der Waals surface area contributed by atoms with Gasteiger partial charge in [-0.15, -0.1) is 0 Å². The summed E-state index contributed by atoms with van der Waals surface area (Å²) in [4.78, 5) is 13.6. The van der Waals surface area contributed by atoms with Crippen molar-refractivity contribution in [3.8, 4) is 6.07 Å². The highest BCUT2D eigenvalue weighted by Crippen LogP contribution is 2.33. The predicted octanol–water partition coefficient (Wildman–Crippen LogP) is 2.09. The standard InChI is InChI=1S/C15H18N2O3/c1-10(2)14-13(8-16)20-15(19)17(14)12(9-18)11-6-4-3-5-7-11/h3-7,10,12-14,18H,9H2,1-2H3/t12-,13+,14+/m0/s1. The Kier molecular flexibility index (Phi) is 4.26. The number of cyclic esters (lactones) is 1. The Hall–Kier alpha value is -2.06. The van der Waals surface area contributed by atoms with Gasteiger partial charge in [0.2, 0.25) is 6.10 Å². The zero-order chi connectivity index (χ0) is 14.7. The maximum absolute atomic E-state index is 12.1. The zero-order valence-corrected chi connectivity index (χ0v) is 11.6. The Bertz CT molecular complexity index is 510. The second-order valence-electron chi connectivity index (χ2n) is 5.18. The quantitative estimate of drug-likeness (QED) is 0.912. The van der Waals surface area contributed by atoms with Crippen molar-refractivity contribution >= 4 is 6.09 Å². The van der Waals surface area contributed by atoms with Gasteiger partial charge in [0.1, 0.15) is 6.07 Å². The molecule has 0 radical (unpaired) electrons. The number of nitriles is 1. The molecule has 106 valence electrons. The third-order valence-corrected chi connectivity index (χ3v) is 3.57. The number of carbonyl (C=O) groups is 1. The second kappa shape index (κ2) is 5.93. The SMILES string of the molecule is CC(C)[C@@H]1[C@@H](C#N)OC(=O)N1[C@@H](CO)c1ccccc1. The van der Waals surface area contributed by atoms with Crippen LogP contribution in [0.3, 0.4) is 0 Å². The van der Waals surface area contributed by atoms with Crippen LogP contribution in [0.4, 0.5) is 4.79 Å². The van der Waals surface area contributed by atoms with Crippen molar-refractivity contribution in [3.05, 3.63) is 35.9 Å². The molecule has 20 heavy (non-hydrogen) atoms. The molecule has 1 aromatic rings. The first-order valence-corrected chi connectivity index (χ1v) is 6.64. The zero-order valence-electron chi connectivity index (χ0n) is 11.6. The van der Waals surface area contributed by atoms with E-state index in [-0.39, 0.29) is 18.6 Å². The lowest BCUT2D eigenvalue weighted by Gasteiger charge is -2.32. The van der Waals surface area contributed by atoms with Crippen molar-refractivity contribution in [3.63, 3.8) is 0 Å². The van der Waals surface area contributed by atoms with Gasteiger partial charge < -0.3 is 9.84 Å². The molecule has 1 N–H and O–H groups in total. The Labute approximate surface area is 118 Å². The molecule has 0 saturated carbocycles. The van der Waals surface area contributed by atoms with Gasteiger partial charge in [0.15, 0.2) is 0 Å². The number of amides is 1. The average molecular weight is 274 g/mol. The summed E-state index contributed by atoms with van der Waals surface area (Å²) < 4.78 is 5.12. The van der Waals surface area contributed by atoms with Crippen molar-refractivity contribution in [2.45, 2.75) is 32.0 Å². The molecule has 0 spiro atoms. The van der Waals surface area contributed by atoms with Crippen LogP contribution in [0.25, 0.3) is 0 Å². The van der Waals surface area contributed by atoms with Crippen LogP contribution in [0, 0.1) is 17.2 Å². The molecule has 0 bridgehead atoms. The summed E-state index contributed by atoms with van der Waals surface area (Å²) in [7, 11) is 0. The number of rotatable bonds is 4. The molecule has 1 heterocycles. The third-order valence-electron chi connectivity index (χ3n) is 3.57. The summed E-state index contributed by atoms with van der Waals surface area (Å²) in [6, 6.07) is 10.5. The summed E-state index contributed by atoms with van der Waals surface area (Å²) in [5.74, 6) is 0.0591. The van der Waals surface area contributed by atoms with E-state index in [2.05, 4.69) is 0 Å². The lowest BCUT2D eigenvalue weighted by atomic mass is 9.95. The van der Waals surface area contributed by atoms with Crippen LogP contribution in [0.1, 0.15) is 25.5 Å². The van der Waals surface area contributed by atoms with Crippen molar-refractivity contribution in [1.29, 1.82) is 5.26 Å². The Morgan fingerprint density at radius 2 is 2.05 bits per heavy atom. The fourth-order valence-electron chi connectivity index (χ4n) is 2.64. The molecule has 1 aliphatic rings. The molecule has 1 saturated heterocycles. The summed E-state index contributed by atoms with van der Waals surface area (Å²) >= 11 is 0. The number of benzene rings is 1. The van der Waals surface area contributed by atoms with E-state index in [9.17, 15) is 9.90 Å². The Balaban J connectivity index is 2.37. The number of aliphatic hydroxyl groups excluding tert-OH is 1. The first-order chi connectivity index (χ1) is 9.60. The molecule has 3 atom stereocenters. The predicted molar refractivity (Wildman–Crippen MR) is 72.6 cm³/mol. The van der Waals surface area contributed by atoms with E-state index in [1.165, 1.54) is 4.90 Å². The first kappa shape index (κ1) is 14.4. The van der Waals surface area contributed by atoms with E-state index >= 15 is 0 Å². The minimum absolute atomic E-state index is 0.0591. The van der Waals surface area contributed by atoms with Gasteiger partial charge in [-0.1, -0.05) is 44.2 Å². The van der Waals surface area contributed by atoms with Gasteiger partial charge in [0, 0.05) is 0 Å². The normalized spacial score (nSPS) is 23.6. The van der Waals surface area contributed by atoms with E-state index in [1.54, 1.807) is 0 Å². The van der Waals surface area contributed by atoms with E-state index in [1.807, 2.05) is 50.2 Å². The van der Waals surface area contributed by atoms with Gasteiger partial charge in [-0.05, 0) is 11.5 Å². The molecule has 1 aromatic carbocycles. The van der Waals surface area contributed by atoms with Gasteiger partial charge in [-0.3, -0.25) is 4.90 Å².